The Balaban J connectivity index is 0.000000768. The summed E-state index contributed by atoms with van der Waals surface area (Å²) in [5.74, 6) is -3.42. The number of unbranched alkanes of at least 4 members (excludes halogenated alkanes) is 8. The van der Waals surface area contributed by atoms with E-state index in [9.17, 15) is 64.2 Å². The summed E-state index contributed by atoms with van der Waals surface area (Å²) < 4.78 is 129. The van der Waals surface area contributed by atoms with E-state index < -0.39 is 159 Å². The Morgan fingerprint density at radius 2 is 0.845 bits per heavy atom. The highest BCUT2D eigenvalue weighted by molar-refractivity contribution is 8.88. The van der Waals surface area contributed by atoms with Crippen molar-refractivity contribution in [2.45, 2.75) is 279 Å². The smallest absolute Gasteiger partial charge is 0.338 e. The van der Waals surface area contributed by atoms with Gasteiger partial charge in [-0.3, -0.25) is 24.0 Å². The van der Waals surface area contributed by atoms with E-state index in [1.807, 2.05) is 30.4 Å². The van der Waals surface area contributed by atoms with Crippen LogP contribution in [0.2, 0.25) is 0 Å². The second-order valence-corrected chi connectivity index (χ2v) is 53.3. The number of carbonyl (C=O) groups is 7. The van der Waals surface area contributed by atoms with E-state index in [2.05, 4.69) is 27.7 Å². The minimum Gasteiger partial charge on any atom is -0.481 e. The van der Waals surface area contributed by atoms with Crippen LogP contribution >= 0.6 is 105 Å². The second kappa shape index (κ2) is 62.4. The first-order chi connectivity index (χ1) is 56.6. The standard InChI is InChI=1S/C22H28O5.C22H26O5.C15H26O5.C15H24O4.4CH4.H15P13/c2*1-2-3-5-10-16(23)11-12-17-18-13-21(24)26-20(18)14-19(17)27-22(25)15-8-6-4-7-9-15;1-2-3-4-5-10(16)6-7-11-12(8-15(19)20)14(18)9-13(11)17;1-2-3-4-5-10(16)6-7-11-12-8-15(18)19-14(12)9-13(11)17;;;;;1-3-5-7-9-11-13-12-10-8-6-4-2/h4,6-9,11-12,16-20,23H,2-3,5,10,13-14H2,1H3;4,6-9,11-12,17-20H,2-3,5,10,13-14H2,1H3;6-7,10-14,16-18H,2-5,8-9H2,1H3,(H,19,20);6-7,10-14,16-17H,2-5,8-9H2,1H3;4*1H4;3-13H,1-2H2/b2*12-11+;2*7-6+;;;;;/t16-,17+,18+,19?,20?;17-,18-,19?,20?;10-,11+,12+,13+,14-;10-,11+,12+,13+,14?;;;;;/m0100...../s1/i;;;;;;;;1T,2T,3T,4T,5T,6T,7T,8T,9T,10T,11T,12T,13T. The van der Waals surface area contributed by atoms with Crippen molar-refractivity contribution in [3.8, 4) is 0 Å². The molecule has 7 N–H and O–H groups in total. The maximum Gasteiger partial charge on any atom is 0.338 e. The summed E-state index contributed by atoms with van der Waals surface area (Å²) in [7, 11) is -22.4. The number of aliphatic hydroxyl groups is 6. The van der Waals surface area contributed by atoms with Crippen LogP contribution < -0.4 is 0 Å². The van der Waals surface area contributed by atoms with Crippen molar-refractivity contribution in [2.24, 2.45) is 47.3 Å². The SMILES string of the molecule is C.C.C.C.CCCCCC(=O)/C=C/[C@H]1C(OC(=O)c2ccccc2)CC2OC(=O)C[C@@H]21.CCCCC[C@H](O)/C=C/[C@@H]1[C@@H](CC(=O)O)[C@@H](O)C[C@H]1O.CCCCC[C@H](O)/C=C/[C@H]1C(OC(=O)c2ccccc2)CC2OC(=O)C[C@@H]21.CCCCC[C@H](O)/C=C/[C@H]1[C@H](O)CC2OC(=O)C[C@@H]21.[3H]PP([3H])P([3H])P([3H])P([3H])P([3H])P([3H])P([3H])P([3H])P([3H])P([3H])P([3H])P[3H]. The Labute approximate surface area is 698 Å². The topological polar surface area (TPSA) is 307 Å². The number of ketones is 1. The van der Waals surface area contributed by atoms with Crippen molar-refractivity contribution >= 4 is 146 Å². The number of aliphatic hydroxyl groups excluding tert-OH is 6. The summed E-state index contributed by atoms with van der Waals surface area (Å²) in [6.45, 7) is 8.45. The molecular weight excluding hydrogens is 1640 g/mol. The first-order valence-corrected chi connectivity index (χ1v) is 56.4. The van der Waals surface area contributed by atoms with Crippen molar-refractivity contribution < 1.29 is 93.0 Å². The molecule has 4 saturated carbocycles. The van der Waals surface area contributed by atoms with Crippen LogP contribution in [0.5, 0.6) is 0 Å². The van der Waals surface area contributed by atoms with Gasteiger partial charge in [-0.2, -0.15) is 0 Å². The lowest BCUT2D eigenvalue weighted by atomic mass is 9.90. The van der Waals surface area contributed by atoms with Gasteiger partial charge >= 0.3 is 35.8 Å². The summed E-state index contributed by atoms with van der Waals surface area (Å²) in [4.78, 5) is 82.3. The fraction of sp³-hybridized carbons (Fsp3) is 0.654. The van der Waals surface area contributed by atoms with Gasteiger partial charge in [0.25, 0.3) is 0 Å². The zero-order valence-corrected chi connectivity index (χ0v) is 72.6. The van der Waals surface area contributed by atoms with Crippen LogP contribution in [0.3, 0.4) is 0 Å². The molecule has 2 aromatic rings. The van der Waals surface area contributed by atoms with E-state index in [0.29, 0.717) is 62.5 Å². The normalized spacial score (nSPS) is 31.7. The van der Waals surface area contributed by atoms with Gasteiger partial charge in [-0.05, 0) is 56.0 Å². The Kier molecular flexibility index (Phi) is 48.6. The quantitative estimate of drug-likeness (QED) is 0.00811. The first kappa shape index (κ1) is 85.7. The molecule has 32 heteroatoms. The summed E-state index contributed by atoms with van der Waals surface area (Å²) in [6.07, 6.45) is 27.0. The maximum atomic E-state index is 12.4. The molecule has 2 aromatic carbocycles. The molecule has 0 bridgehead atoms. The van der Waals surface area contributed by atoms with Crippen LogP contribution in [0.15, 0.2) is 109 Å². The predicted molar refractivity (Wildman–Crippen MR) is 485 cm³/mol. The number of carboxylic acids is 1. The minimum atomic E-state index is -2.10. The first-order valence-electron chi connectivity index (χ1n) is 42.8. The molecule has 7 aliphatic rings. The fourth-order valence-electron chi connectivity index (χ4n) is 14.1. The molecule has 0 radical (unpaired) electrons. The summed E-state index contributed by atoms with van der Waals surface area (Å²) in [6, 6.07) is 17.7. The molecule has 3 aliphatic heterocycles. The molecule has 626 valence electrons. The highest BCUT2D eigenvalue weighted by Crippen LogP contribution is 2.82. The number of esters is 5. The largest absolute Gasteiger partial charge is 0.481 e. The van der Waals surface area contributed by atoms with Crippen molar-refractivity contribution in [1.82, 2.24) is 0 Å². The molecule has 110 heavy (non-hydrogen) atoms. The van der Waals surface area contributed by atoms with E-state index in [0.717, 1.165) is 89.9 Å². The highest BCUT2D eigenvalue weighted by atomic mass is 32.9. The van der Waals surface area contributed by atoms with Gasteiger partial charge in [0.15, 0.2) is 5.78 Å². The zero-order chi connectivity index (χ0) is 88.2. The number of ether oxygens (including phenoxy) is 5. The molecule has 3 heterocycles. The number of carboxylic acid groups (broad SMARTS) is 1. The molecule has 0 spiro atoms. The van der Waals surface area contributed by atoms with Crippen LogP contribution in [0.25, 0.3) is 0 Å². The van der Waals surface area contributed by atoms with Crippen molar-refractivity contribution in [3.63, 3.8) is 0 Å². The molecule has 3 saturated heterocycles. The molecule has 7 fully saturated rings. The Bertz CT molecular complexity index is 3480. The number of benzene rings is 2. The van der Waals surface area contributed by atoms with Crippen molar-refractivity contribution in [2.75, 3.05) is 0 Å². The van der Waals surface area contributed by atoms with Gasteiger partial charge < -0.3 is 59.4 Å². The number of hydrogen-bond acceptors (Lipinski definition) is 18. The van der Waals surface area contributed by atoms with Gasteiger partial charge in [0.2, 0.25) is 0 Å². The number of carbonyl (C=O) groups excluding carboxylic acids is 6. The van der Waals surface area contributed by atoms with Gasteiger partial charge in [0.05, 0.1) is 90.1 Å². The molecule has 0 amide bonds. The van der Waals surface area contributed by atoms with Gasteiger partial charge in [0, 0.05) is 79.4 Å². The molecule has 17 unspecified atom stereocenters. The highest BCUT2D eigenvalue weighted by Gasteiger charge is 2.53. The van der Waals surface area contributed by atoms with Gasteiger partial charge in [0.1, 0.15) is 30.5 Å². The molecule has 9 rings (SSSR count). The fourth-order valence-corrected chi connectivity index (χ4v) is 54.1. The lowest BCUT2D eigenvalue weighted by molar-refractivity contribution is -0.143. The number of rotatable bonds is 42. The number of aliphatic carboxylic acids is 1. The third-order valence-electron chi connectivity index (χ3n) is 19.5. The van der Waals surface area contributed by atoms with E-state index in [-0.39, 0.29) is 144 Å². The molecule has 19 nitrogen and oxygen atoms in total. The van der Waals surface area contributed by atoms with Crippen LogP contribution in [-0.4, -0.2) is 161 Å². The average Bonchev–Trinajstić information content (AvgIpc) is 1.63. The Morgan fingerprint density at radius 3 is 1.25 bits per heavy atom. The zero-order valence-electron chi connectivity index (χ0n) is 73.8. The van der Waals surface area contributed by atoms with E-state index in [1.165, 1.54) is 0 Å². The lowest BCUT2D eigenvalue weighted by Gasteiger charge is -2.20. The lowest BCUT2D eigenvalue weighted by Crippen LogP contribution is -2.25. The van der Waals surface area contributed by atoms with Crippen LogP contribution in [0.1, 0.15) is 232 Å². The summed E-state index contributed by atoms with van der Waals surface area (Å²) >= 11 is 0. The second-order valence-electron chi connectivity index (χ2n) is 27.2. The number of hydrogen-bond donors (Lipinski definition) is 7. The van der Waals surface area contributed by atoms with E-state index >= 15 is 0 Å². The molecular formula is C78H135O19P13. The van der Waals surface area contributed by atoms with Crippen molar-refractivity contribution in [1.29, 1.82) is 16.6 Å². The number of fused-ring (bicyclic) bond motifs is 3. The maximum absolute atomic E-state index is 12.4. The van der Waals surface area contributed by atoms with Gasteiger partial charge in [-0.15, -0.1) is 17.7 Å². The average molecular weight is 1810 g/mol. The van der Waals surface area contributed by atoms with Crippen molar-refractivity contribution in [3.05, 3.63) is 120 Å². The Morgan fingerprint density at radius 1 is 0.491 bits per heavy atom. The van der Waals surface area contributed by atoms with E-state index in [1.54, 1.807) is 78.9 Å². The van der Waals surface area contributed by atoms with E-state index in [4.69, 9.17) is 45.4 Å². The van der Waals surface area contributed by atoms with Gasteiger partial charge in [-0.1, -0.05) is 294 Å². The molecule has 0 aromatic heterocycles. The van der Waals surface area contributed by atoms with Crippen LogP contribution in [0, 0.1) is 47.3 Å². The minimum absolute atomic E-state index is 0. The van der Waals surface area contributed by atoms with Gasteiger partial charge in [-0.25, -0.2) is 9.59 Å². The summed E-state index contributed by atoms with van der Waals surface area (Å²) in [5.41, 5.74) is 0.999. The number of allylic oxidation sites excluding steroid dienone is 1. The molecule has 31 atom stereocenters. The summed E-state index contributed by atoms with van der Waals surface area (Å²) in [5, 5.41) is 68.4. The third-order valence-corrected chi connectivity index (χ3v) is 52.2. The Hall–Kier alpha value is -0.760. The van der Waals surface area contributed by atoms with Crippen LogP contribution in [0.4, 0.5) is 0 Å². The monoisotopic (exact) mass is 1800 g/mol. The van der Waals surface area contributed by atoms with Crippen LogP contribution in [-0.2, 0) is 47.7 Å². The predicted octanol–water partition coefficient (Wildman–Crippen LogP) is 20.4. The third kappa shape index (κ3) is 40.3. The molecule has 4 aliphatic carbocycles.